The number of anilines is 1. The second-order valence-electron chi connectivity index (χ2n) is 6.61. The van der Waals surface area contributed by atoms with Crippen molar-refractivity contribution in [2.75, 3.05) is 11.9 Å². The van der Waals surface area contributed by atoms with Crippen molar-refractivity contribution in [3.63, 3.8) is 0 Å². The van der Waals surface area contributed by atoms with E-state index in [4.69, 9.17) is 16.9 Å². The van der Waals surface area contributed by atoms with Crippen LogP contribution in [0.2, 0.25) is 5.02 Å². The van der Waals surface area contributed by atoms with Crippen LogP contribution < -0.4 is 10.6 Å². The van der Waals surface area contributed by atoms with Crippen LogP contribution >= 0.6 is 11.6 Å². The number of hydrogen-bond donors (Lipinski definition) is 2. The van der Waals surface area contributed by atoms with E-state index in [-0.39, 0.29) is 16.4 Å². The van der Waals surface area contributed by atoms with Crippen molar-refractivity contribution in [2.24, 2.45) is 0 Å². The predicted molar refractivity (Wildman–Crippen MR) is 105 cm³/mol. The highest BCUT2D eigenvalue weighted by Gasteiger charge is 2.49. The van der Waals surface area contributed by atoms with Gasteiger partial charge < -0.3 is 10.6 Å². The van der Waals surface area contributed by atoms with Crippen molar-refractivity contribution in [1.82, 2.24) is 10.2 Å². The number of carbonyl (C=O) groups excluding carboxylic acids is 3. The SMILES string of the molecule is CC1(c2ccc(C#N)cc2)NC(=O)N(CC(=O)Nc2ccc([N+](=O)[O-])cc2Cl)C1=O. The number of urea groups is 1. The Morgan fingerprint density at radius 1 is 1.30 bits per heavy atom. The molecule has 0 radical (unpaired) electrons. The van der Waals surface area contributed by atoms with Gasteiger partial charge in [0.25, 0.3) is 11.6 Å². The summed E-state index contributed by atoms with van der Waals surface area (Å²) in [4.78, 5) is 48.4. The molecule has 152 valence electrons. The molecule has 1 saturated heterocycles. The first-order chi connectivity index (χ1) is 14.2. The van der Waals surface area contributed by atoms with Gasteiger partial charge in [-0.05, 0) is 30.7 Å². The summed E-state index contributed by atoms with van der Waals surface area (Å²) in [6, 6.07) is 10.9. The molecule has 10 nitrogen and oxygen atoms in total. The van der Waals surface area contributed by atoms with Crippen LogP contribution in [0, 0.1) is 21.4 Å². The molecule has 2 aromatic rings. The van der Waals surface area contributed by atoms with Crippen LogP contribution in [0.25, 0.3) is 0 Å². The Bertz CT molecular complexity index is 1110. The predicted octanol–water partition coefficient (Wildman–Crippen LogP) is 2.53. The summed E-state index contributed by atoms with van der Waals surface area (Å²) in [5, 5.41) is 24.6. The molecule has 0 spiro atoms. The molecule has 1 atom stereocenters. The van der Waals surface area contributed by atoms with Gasteiger partial charge in [0.05, 0.1) is 27.3 Å². The van der Waals surface area contributed by atoms with Gasteiger partial charge in [0.1, 0.15) is 12.1 Å². The number of carbonyl (C=O) groups is 3. The number of nitro benzene ring substituents is 1. The molecule has 2 N–H and O–H groups in total. The Morgan fingerprint density at radius 2 is 1.97 bits per heavy atom. The minimum atomic E-state index is -1.39. The van der Waals surface area contributed by atoms with E-state index in [0.717, 1.165) is 17.0 Å². The largest absolute Gasteiger partial charge is 0.325 e. The molecule has 1 aliphatic heterocycles. The molecule has 1 heterocycles. The molecule has 1 aliphatic rings. The van der Waals surface area contributed by atoms with E-state index < -0.39 is 34.9 Å². The van der Waals surface area contributed by atoms with E-state index in [1.807, 2.05) is 6.07 Å². The number of non-ortho nitro benzene ring substituents is 1. The summed E-state index contributed by atoms with van der Waals surface area (Å²) in [6.45, 7) is 0.920. The summed E-state index contributed by atoms with van der Waals surface area (Å²) in [5.41, 5.74) is -0.674. The third-order valence-corrected chi connectivity index (χ3v) is 4.92. The molecule has 1 unspecified atom stereocenters. The second-order valence-corrected chi connectivity index (χ2v) is 7.01. The van der Waals surface area contributed by atoms with E-state index in [1.54, 1.807) is 12.1 Å². The second kappa shape index (κ2) is 7.81. The Labute approximate surface area is 175 Å². The summed E-state index contributed by atoms with van der Waals surface area (Å²) in [7, 11) is 0. The number of halogens is 1. The van der Waals surface area contributed by atoms with Gasteiger partial charge in [-0.2, -0.15) is 5.26 Å². The topological polar surface area (TPSA) is 145 Å². The fourth-order valence-corrected chi connectivity index (χ4v) is 3.19. The van der Waals surface area contributed by atoms with Crippen LogP contribution in [0.3, 0.4) is 0 Å². The Kier molecular flexibility index (Phi) is 5.40. The fraction of sp³-hybridized carbons (Fsp3) is 0.158. The summed E-state index contributed by atoms with van der Waals surface area (Å²) in [5.74, 6) is -1.35. The monoisotopic (exact) mass is 427 g/mol. The zero-order valence-corrected chi connectivity index (χ0v) is 16.3. The standard InChI is InChI=1S/C19H14ClN5O5/c1-19(12-4-2-11(9-21)3-5-12)17(27)24(18(28)23-19)10-16(26)22-15-7-6-13(25(29)30)8-14(15)20/h2-8H,10H2,1H3,(H,22,26)(H,23,28). The van der Waals surface area contributed by atoms with E-state index >= 15 is 0 Å². The van der Waals surface area contributed by atoms with E-state index in [0.29, 0.717) is 11.1 Å². The zero-order chi connectivity index (χ0) is 22.1. The Morgan fingerprint density at radius 3 is 2.53 bits per heavy atom. The Hall–Kier alpha value is -3.97. The highest BCUT2D eigenvalue weighted by molar-refractivity contribution is 6.34. The number of nitro groups is 1. The van der Waals surface area contributed by atoms with Gasteiger partial charge >= 0.3 is 6.03 Å². The maximum Gasteiger partial charge on any atom is 0.325 e. The molecule has 1 fully saturated rings. The number of rotatable bonds is 5. The number of nitriles is 1. The number of nitrogens with one attached hydrogen (secondary N) is 2. The van der Waals surface area contributed by atoms with Crippen LogP contribution in [-0.4, -0.2) is 34.2 Å². The van der Waals surface area contributed by atoms with E-state index in [1.165, 1.54) is 25.1 Å². The first-order valence-electron chi connectivity index (χ1n) is 8.54. The number of imide groups is 1. The van der Waals surface area contributed by atoms with Gasteiger partial charge in [-0.3, -0.25) is 24.6 Å². The van der Waals surface area contributed by atoms with Crippen LogP contribution in [0.5, 0.6) is 0 Å². The molecular formula is C19H14ClN5O5. The average Bonchev–Trinajstić information content (AvgIpc) is 2.93. The minimum absolute atomic E-state index is 0.0582. The zero-order valence-electron chi connectivity index (χ0n) is 15.5. The molecule has 4 amide bonds. The quantitative estimate of drug-likeness (QED) is 0.426. The molecule has 0 aromatic heterocycles. The number of nitrogens with zero attached hydrogens (tertiary/aromatic N) is 3. The molecular weight excluding hydrogens is 414 g/mol. The van der Waals surface area contributed by atoms with Gasteiger partial charge in [0.15, 0.2) is 0 Å². The highest BCUT2D eigenvalue weighted by Crippen LogP contribution is 2.30. The maximum absolute atomic E-state index is 12.9. The molecule has 0 bridgehead atoms. The summed E-state index contributed by atoms with van der Waals surface area (Å²) >= 11 is 5.94. The molecule has 11 heteroatoms. The van der Waals surface area contributed by atoms with E-state index in [9.17, 15) is 24.5 Å². The number of benzene rings is 2. The summed E-state index contributed by atoms with van der Waals surface area (Å²) < 4.78 is 0. The van der Waals surface area contributed by atoms with Crippen molar-refractivity contribution >= 4 is 40.8 Å². The van der Waals surface area contributed by atoms with Gasteiger partial charge in [-0.15, -0.1) is 0 Å². The van der Waals surface area contributed by atoms with Crippen molar-refractivity contribution in [2.45, 2.75) is 12.5 Å². The van der Waals surface area contributed by atoms with Gasteiger partial charge in [-0.1, -0.05) is 23.7 Å². The fourth-order valence-electron chi connectivity index (χ4n) is 2.97. The lowest BCUT2D eigenvalue weighted by atomic mass is 9.91. The maximum atomic E-state index is 12.9. The number of hydrogen-bond acceptors (Lipinski definition) is 6. The first-order valence-corrected chi connectivity index (χ1v) is 8.92. The molecule has 30 heavy (non-hydrogen) atoms. The lowest BCUT2D eigenvalue weighted by Crippen LogP contribution is -2.42. The smallest absolute Gasteiger partial charge is 0.323 e. The van der Waals surface area contributed by atoms with Crippen LogP contribution in [0.4, 0.5) is 16.2 Å². The van der Waals surface area contributed by atoms with E-state index in [2.05, 4.69) is 10.6 Å². The van der Waals surface area contributed by atoms with Crippen molar-refractivity contribution in [1.29, 1.82) is 5.26 Å². The summed E-state index contributed by atoms with van der Waals surface area (Å²) in [6.07, 6.45) is 0. The molecule has 0 aliphatic carbocycles. The molecule has 3 rings (SSSR count). The number of amides is 4. The minimum Gasteiger partial charge on any atom is -0.323 e. The van der Waals surface area contributed by atoms with Crippen LogP contribution in [-0.2, 0) is 15.1 Å². The first kappa shape index (κ1) is 20.8. The average molecular weight is 428 g/mol. The van der Waals surface area contributed by atoms with Gasteiger partial charge in [0.2, 0.25) is 5.91 Å². The van der Waals surface area contributed by atoms with Gasteiger partial charge in [0, 0.05) is 12.1 Å². The molecule has 2 aromatic carbocycles. The lowest BCUT2D eigenvalue weighted by Gasteiger charge is -2.22. The van der Waals surface area contributed by atoms with Crippen LogP contribution in [0.1, 0.15) is 18.1 Å². The van der Waals surface area contributed by atoms with Crippen molar-refractivity contribution < 1.29 is 19.3 Å². The normalized spacial score (nSPS) is 18.0. The third kappa shape index (κ3) is 3.78. The third-order valence-electron chi connectivity index (χ3n) is 4.61. The molecule has 0 saturated carbocycles. The van der Waals surface area contributed by atoms with Crippen molar-refractivity contribution in [3.8, 4) is 6.07 Å². The highest BCUT2D eigenvalue weighted by atomic mass is 35.5. The van der Waals surface area contributed by atoms with Crippen molar-refractivity contribution in [3.05, 3.63) is 68.7 Å². The van der Waals surface area contributed by atoms with Gasteiger partial charge in [-0.25, -0.2) is 4.79 Å². The van der Waals surface area contributed by atoms with Crippen LogP contribution in [0.15, 0.2) is 42.5 Å². The lowest BCUT2D eigenvalue weighted by molar-refractivity contribution is -0.384. The Balaban J connectivity index is 1.74.